The first kappa shape index (κ1) is 22.0. The number of carbonyl (C=O) groups excluding carboxylic acids is 1. The van der Waals surface area contributed by atoms with Gasteiger partial charge in [-0.3, -0.25) is 19.6 Å². The second-order valence-corrected chi connectivity index (χ2v) is 11.0. The van der Waals surface area contributed by atoms with Crippen LogP contribution in [0, 0.1) is 5.41 Å². The summed E-state index contributed by atoms with van der Waals surface area (Å²) >= 11 is 5.12. The summed E-state index contributed by atoms with van der Waals surface area (Å²) in [5.41, 5.74) is -2.87. The quantitative estimate of drug-likeness (QED) is 0.590. The molecular weight excluding hydrogens is 451 g/mol. The monoisotopic (exact) mass is 472 g/mol. The molecule has 2 N–H and O–H groups in total. The van der Waals surface area contributed by atoms with Gasteiger partial charge in [0.05, 0.1) is 15.8 Å². The Bertz CT molecular complexity index is 1310. The van der Waals surface area contributed by atoms with E-state index in [1.807, 2.05) is 12.3 Å². The molecule has 4 rings (SSSR count). The van der Waals surface area contributed by atoms with E-state index < -0.39 is 38.3 Å². The Morgan fingerprint density at radius 3 is 2.42 bits per heavy atom. The first-order valence-corrected chi connectivity index (χ1v) is 11.7. The molecule has 1 aromatic heterocycles. The van der Waals surface area contributed by atoms with Crippen LogP contribution in [0.3, 0.4) is 0 Å². The summed E-state index contributed by atoms with van der Waals surface area (Å²) < 4.78 is 42.9. The number of benzene rings is 1. The lowest BCUT2D eigenvalue weighted by atomic mass is 10.1. The van der Waals surface area contributed by atoms with Gasteiger partial charge in [-0.05, 0) is 56.2 Å². The number of amides is 1. The average molecular weight is 473 g/mol. The van der Waals surface area contributed by atoms with E-state index in [1.54, 1.807) is 6.92 Å². The molecule has 0 bridgehead atoms. The van der Waals surface area contributed by atoms with Crippen LogP contribution in [0.5, 0.6) is 0 Å². The van der Waals surface area contributed by atoms with Crippen molar-refractivity contribution in [3.8, 4) is 0 Å². The summed E-state index contributed by atoms with van der Waals surface area (Å²) in [5, 5.41) is -0.0991. The molecule has 31 heavy (non-hydrogen) atoms. The van der Waals surface area contributed by atoms with Crippen molar-refractivity contribution in [2.24, 2.45) is 5.41 Å². The van der Waals surface area contributed by atoms with Crippen molar-refractivity contribution in [3.63, 3.8) is 0 Å². The van der Waals surface area contributed by atoms with Gasteiger partial charge in [0.1, 0.15) is 0 Å². The minimum absolute atomic E-state index is 0.0991. The van der Waals surface area contributed by atoms with Gasteiger partial charge < -0.3 is 0 Å². The molecule has 0 aliphatic heterocycles. The fraction of sp³-hybridized carbons (Fsp3) is 0.526. The third-order valence-electron chi connectivity index (χ3n) is 5.87. The van der Waals surface area contributed by atoms with Crippen LogP contribution in [-0.2, 0) is 21.4 Å². The van der Waals surface area contributed by atoms with Gasteiger partial charge >= 0.3 is 5.69 Å². The molecule has 9 nitrogen and oxygen atoms in total. The zero-order valence-corrected chi connectivity index (χ0v) is 18.5. The molecule has 2 fully saturated rings. The lowest BCUT2D eigenvalue weighted by Crippen LogP contribution is -2.48. The fourth-order valence-corrected chi connectivity index (χ4v) is 4.90. The smallest absolute Gasteiger partial charge is 0.291 e. The van der Waals surface area contributed by atoms with E-state index in [9.17, 15) is 27.2 Å². The molecule has 2 aliphatic rings. The van der Waals surface area contributed by atoms with Crippen molar-refractivity contribution in [2.75, 3.05) is 5.43 Å². The zero-order chi connectivity index (χ0) is 22.8. The highest BCUT2D eigenvalue weighted by Crippen LogP contribution is 2.46. The number of hydrogen-bond donors (Lipinski definition) is 2. The molecular formula is C19H22ClFN4O5S. The van der Waals surface area contributed by atoms with Crippen LogP contribution in [0.4, 0.5) is 4.39 Å². The highest BCUT2D eigenvalue weighted by atomic mass is 35.5. The van der Waals surface area contributed by atoms with E-state index in [2.05, 4.69) is 4.72 Å². The maximum Gasteiger partial charge on any atom is 0.350 e. The minimum atomic E-state index is -3.91. The van der Waals surface area contributed by atoms with Crippen LogP contribution in [0.15, 0.2) is 32.7 Å². The van der Waals surface area contributed by atoms with Crippen LogP contribution in [0.2, 0.25) is 0 Å². The number of aromatic nitrogens is 2. The number of rotatable bonds is 7. The molecule has 12 heteroatoms. The third-order valence-corrected chi connectivity index (χ3v) is 7.70. The van der Waals surface area contributed by atoms with Crippen LogP contribution in [0.1, 0.15) is 39.5 Å². The van der Waals surface area contributed by atoms with Crippen LogP contribution < -0.4 is 21.4 Å². The van der Waals surface area contributed by atoms with Gasteiger partial charge in [0.25, 0.3) is 17.1 Å². The Kier molecular flexibility index (Phi) is 5.06. The fourth-order valence-electron chi connectivity index (χ4n) is 3.36. The van der Waals surface area contributed by atoms with E-state index >= 15 is 0 Å². The van der Waals surface area contributed by atoms with Crippen LogP contribution in [0.25, 0.3) is 10.9 Å². The molecule has 1 unspecified atom stereocenters. The topological polar surface area (TPSA) is 119 Å². The summed E-state index contributed by atoms with van der Waals surface area (Å²) in [7, 11) is -3.91. The molecule has 1 atom stereocenters. The normalized spacial score (nSPS) is 19.7. The Balaban J connectivity index is 1.90. The van der Waals surface area contributed by atoms with E-state index in [4.69, 9.17) is 11.6 Å². The molecule has 0 radical (unpaired) electrons. The van der Waals surface area contributed by atoms with Gasteiger partial charge in [-0.15, -0.1) is 0 Å². The number of hydrogen-bond acceptors (Lipinski definition) is 5. The molecule has 1 heterocycles. The van der Waals surface area contributed by atoms with Crippen molar-refractivity contribution in [3.05, 3.63) is 39.0 Å². The van der Waals surface area contributed by atoms with E-state index in [1.165, 1.54) is 16.7 Å². The zero-order valence-electron chi connectivity index (χ0n) is 16.9. The van der Waals surface area contributed by atoms with E-state index in [-0.39, 0.29) is 27.8 Å². The van der Waals surface area contributed by atoms with Crippen molar-refractivity contribution >= 4 is 38.4 Å². The molecule has 2 aromatic rings. The SMILES string of the molecule is CC1(Cn2c(=O)n(NC(=O)C(F)Cl)c(=O)c3cc(S(=O)(=O)NC4(C)CC4)ccc32)CC1. The van der Waals surface area contributed by atoms with Crippen LogP contribution >= 0.6 is 11.6 Å². The lowest BCUT2D eigenvalue weighted by molar-refractivity contribution is -0.119. The van der Waals surface area contributed by atoms with Crippen molar-refractivity contribution in [1.29, 1.82) is 0 Å². The average Bonchev–Trinajstić information content (AvgIpc) is 3.60. The molecule has 168 valence electrons. The number of fused-ring (bicyclic) bond motifs is 1. The van der Waals surface area contributed by atoms with Gasteiger partial charge in [0.2, 0.25) is 10.0 Å². The predicted octanol–water partition coefficient (Wildman–Crippen LogP) is 1.40. The maximum absolute atomic E-state index is 13.2. The maximum atomic E-state index is 13.2. The van der Waals surface area contributed by atoms with Gasteiger partial charge in [0, 0.05) is 12.1 Å². The molecule has 2 aliphatic carbocycles. The van der Waals surface area contributed by atoms with Gasteiger partial charge in [-0.1, -0.05) is 18.5 Å². The Labute approximate surface area is 182 Å². The third kappa shape index (κ3) is 4.26. The van der Waals surface area contributed by atoms with Crippen molar-refractivity contribution in [2.45, 2.75) is 62.1 Å². The number of nitrogens with one attached hydrogen (secondary N) is 2. The largest absolute Gasteiger partial charge is 0.350 e. The second kappa shape index (κ2) is 7.14. The van der Waals surface area contributed by atoms with Crippen LogP contribution in [-0.4, -0.2) is 34.7 Å². The number of carbonyl (C=O) groups is 1. The second-order valence-electron chi connectivity index (χ2n) is 8.94. The first-order valence-electron chi connectivity index (χ1n) is 9.77. The van der Waals surface area contributed by atoms with Crippen molar-refractivity contribution < 1.29 is 17.6 Å². The number of halogens is 2. The number of alkyl halides is 2. The Hall–Kier alpha value is -2.24. The molecule has 0 saturated heterocycles. The summed E-state index contributed by atoms with van der Waals surface area (Å²) in [6, 6.07) is 3.90. The summed E-state index contributed by atoms with van der Waals surface area (Å²) in [4.78, 5) is 37.5. The minimum Gasteiger partial charge on any atom is -0.291 e. The molecule has 2 saturated carbocycles. The van der Waals surface area contributed by atoms with Gasteiger partial charge in [0.15, 0.2) is 0 Å². The number of sulfonamides is 1. The molecule has 0 spiro atoms. The summed E-state index contributed by atoms with van der Waals surface area (Å²) in [6.07, 6.45) is 3.16. The Morgan fingerprint density at radius 1 is 1.23 bits per heavy atom. The number of nitrogens with zero attached hydrogens (tertiary/aromatic N) is 2. The Morgan fingerprint density at radius 2 is 1.87 bits per heavy atom. The lowest BCUT2D eigenvalue weighted by Gasteiger charge is -2.18. The highest BCUT2D eigenvalue weighted by Gasteiger charge is 2.41. The standard InChI is InChI=1S/C19H22ClFN4O5S/c1-18(5-6-18)10-24-13-4-3-11(31(29,30)23-19(2)7-8-19)9-12(13)16(27)25(17(24)28)22-15(26)14(20)21/h3-4,9,14,23H,5-8,10H2,1-2H3,(H,22,26). The summed E-state index contributed by atoms with van der Waals surface area (Å²) in [5.74, 6) is -1.38. The summed E-state index contributed by atoms with van der Waals surface area (Å²) in [6.45, 7) is 4.00. The van der Waals surface area contributed by atoms with E-state index in [0.29, 0.717) is 17.5 Å². The predicted molar refractivity (Wildman–Crippen MR) is 113 cm³/mol. The van der Waals surface area contributed by atoms with Gasteiger partial charge in [-0.2, -0.15) is 4.68 Å². The molecule has 1 aromatic carbocycles. The first-order chi connectivity index (χ1) is 14.3. The van der Waals surface area contributed by atoms with Gasteiger partial charge in [-0.25, -0.2) is 22.3 Å². The highest BCUT2D eigenvalue weighted by molar-refractivity contribution is 7.89. The van der Waals surface area contributed by atoms with Crippen molar-refractivity contribution in [1.82, 2.24) is 14.0 Å². The molecule has 1 amide bonds. The van der Waals surface area contributed by atoms with E-state index in [0.717, 1.165) is 18.9 Å².